The molecule has 1 unspecified atom stereocenters. The van der Waals surface area contributed by atoms with Crippen molar-refractivity contribution in [3.8, 4) is 11.5 Å². The number of ether oxygens (including phenoxy) is 2. The molecule has 0 spiro atoms. The molecule has 0 aliphatic heterocycles. The molecule has 0 saturated heterocycles. The van der Waals surface area contributed by atoms with E-state index in [0.29, 0.717) is 22.1 Å². The van der Waals surface area contributed by atoms with E-state index in [1.54, 1.807) is 30.3 Å². The number of amides is 2. The summed E-state index contributed by atoms with van der Waals surface area (Å²) in [4.78, 5) is 24.6. The number of carbonyl (C=O) groups is 2. The van der Waals surface area contributed by atoms with Crippen molar-refractivity contribution in [1.29, 1.82) is 0 Å². The summed E-state index contributed by atoms with van der Waals surface area (Å²) in [7, 11) is 2.95. The number of hydrogen-bond acceptors (Lipinski definition) is 6. The van der Waals surface area contributed by atoms with Gasteiger partial charge in [0, 0.05) is 17.5 Å². The summed E-state index contributed by atoms with van der Waals surface area (Å²) in [5, 5.41) is 16.6. The van der Waals surface area contributed by atoms with Crippen LogP contribution in [0.3, 0.4) is 0 Å². The lowest BCUT2D eigenvalue weighted by Gasteiger charge is -2.13. The third-order valence-electron chi connectivity index (χ3n) is 3.19. The van der Waals surface area contributed by atoms with E-state index < -0.39 is 17.9 Å². The molecule has 1 heterocycles. The molecular weight excluding hydrogens is 332 g/mol. The summed E-state index contributed by atoms with van der Waals surface area (Å²) in [5.41, 5.74) is 0.316. The predicted octanol–water partition coefficient (Wildman–Crippen LogP) is 1.55. The Balaban J connectivity index is 1.95. The smallest absolute Gasteiger partial charge is 0.313 e. The van der Waals surface area contributed by atoms with Gasteiger partial charge in [-0.25, -0.2) is 0 Å². The van der Waals surface area contributed by atoms with E-state index in [2.05, 4.69) is 10.6 Å². The van der Waals surface area contributed by atoms with E-state index in [9.17, 15) is 14.7 Å². The number of carbonyl (C=O) groups excluding carboxylic acids is 2. The van der Waals surface area contributed by atoms with Gasteiger partial charge in [0.25, 0.3) is 0 Å². The second-order valence-corrected chi connectivity index (χ2v) is 5.74. The van der Waals surface area contributed by atoms with Crippen molar-refractivity contribution >= 4 is 28.8 Å². The van der Waals surface area contributed by atoms with Crippen LogP contribution in [-0.2, 0) is 9.59 Å². The highest BCUT2D eigenvalue weighted by atomic mass is 32.1. The second kappa shape index (κ2) is 8.32. The van der Waals surface area contributed by atoms with Crippen molar-refractivity contribution in [2.24, 2.45) is 0 Å². The van der Waals surface area contributed by atoms with Crippen LogP contribution in [-0.4, -0.2) is 37.7 Å². The third-order valence-corrected chi connectivity index (χ3v) is 4.16. The molecule has 1 aromatic heterocycles. The maximum absolute atomic E-state index is 12.0. The Morgan fingerprint density at radius 2 is 2.00 bits per heavy atom. The highest BCUT2D eigenvalue weighted by Gasteiger charge is 2.18. The monoisotopic (exact) mass is 350 g/mol. The Morgan fingerprint density at radius 1 is 1.21 bits per heavy atom. The van der Waals surface area contributed by atoms with Gasteiger partial charge in [0.1, 0.15) is 17.6 Å². The number of benzene rings is 1. The first-order chi connectivity index (χ1) is 11.5. The average molecular weight is 350 g/mol. The van der Waals surface area contributed by atoms with E-state index in [1.165, 1.54) is 25.6 Å². The molecule has 2 aromatic rings. The van der Waals surface area contributed by atoms with Crippen LogP contribution in [0.1, 0.15) is 11.0 Å². The van der Waals surface area contributed by atoms with Gasteiger partial charge in [-0.3, -0.25) is 9.59 Å². The van der Waals surface area contributed by atoms with Crippen LogP contribution in [0.25, 0.3) is 0 Å². The van der Waals surface area contributed by atoms with Crippen LogP contribution in [0.4, 0.5) is 5.69 Å². The Hall–Kier alpha value is -2.58. The van der Waals surface area contributed by atoms with Crippen LogP contribution in [0.2, 0.25) is 0 Å². The lowest BCUT2D eigenvalue weighted by molar-refractivity contribution is -0.136. The summed E-state index contributed by atoms with van der Waals surface area (Å²) in [6.45, 7) is -0.0536. The SMILES string of the molecule is COc1ccc(OC)c(NC(=O)C(=O)NCC(O)c2cccs2)c1. The van der Waals surface area contributed by atoms with Crippen molar-refractivity contribution in [3.05, 3.63) is 40.6 Å². The fourth-order valence-corrected chi connectivity index (χ4v) is 2.65. The van der Waals surface area contributed by atoms with Gasteiger partial charge in [-0.05, 0) is 23.6 Å². The molecule has 0 aliphatic carbocycles. The van der Waals surface area contributed by atoms with Gasteiger partial charge in [-0.15, -0.1) is 11.3 Å². The largest absolute Gasteiger partial charge is 0.497 e. The molecule has 7 nitrogen and oxygen atoms in total. The first-order valence-electron chi connectivity index (χ1n) is 7.07. The minimum atomic E-state index is -0.861. The lowest BCUT2D eigenvalue weighted by atomic mass is 10.2. The maximum Gasteiger partial charge on any atom is 0.313 e. The van der Waals surface area contributed by atoms with Crippen LogP contribution in [0, 0.1) is 0 Å². The highest BCUT2D eigenvalue weighted by Crippen LogP contribution is 2.28. The molecule has 8 heteroatoms. The molecule has 0 bridgehead atoms. The zero-order chi connectivity index (χ0) is 17.5. The normalized spacial score (nSPS) is 11.5. The molecule has 24 heavy (non-hydrogen) atoms. The molecule has 0 aliphatic rings. The quantitative estimate of drug-likeness (QED) is 0.687. The molecule has 2 rings (SSSR count). The van der Waals surface area contributed by atoms with E-state index in [-0.39, 0.29) is 6.54 Å². The van der Waals surface area contributed by atoms with Crippen molar-refractivity contribution in [2.45, 2.75) is 6.10 Å². The standard InChI is InChI=1S/C16H18N2O5S/c1-22-10-5-6-13(23-2)11(8-10)18-16(21)15(20)17-9-12(19)14-4-3-7-24-14/h3-8,12,19H,9H2,1-2H3,(H,17,20)(H,18,21). The zero-order valence-corrected chi connectivity index (χ0v) is 14.1. The van der Waals surface area contributed by atoms with Crippen LogP contribution in [0.5, 0.6) is 11.5 Å². The first kappa shape index (κ1) is 17.8. The summed E-state index contributed by atoms with van der Waals surface area (Å²) in [6.07, 6.45) is -0.854. The number of nitrogens with one attached hydrogen (secondary N) is 2. The molecule has 3 N–H and O–H groups in total. The molecule has 128 valence electrons. The number of hydrogen-bond donors (Lipinski definition) is 3. The Bertz CT molecular complexity index is 702. The average Bonchev–Trinajstić information content (AvgIpc) is 3.13. The van der Waals surface area contributed by atoms with Crippen LogP contribution >= 0.6 is 11.3 Å². The van der Waals surface area contributed by atoms with Crippen molar-refractivity contribution < 1.29 is 24.2 Å². The number of thiophene rings is 1. The third kappa shape index (κ3) is 4.46. The number of rotatable bonds is 6. The molecule has 1 aromatic carbocycles. The van der Waals surface area contributed by atoms with Crippen molar-refractivity contribution in [2.75, 3.05) is 26.1 Å². The van der Waals surface area contributed by atoms with Gasteiger partial charge < -0.3 is 25.2 Å². The number of aliphatic hydroxyl groups excluding tert-OH is 1. The molecule has 0 saturated carbocycles. The van der Waals surface area contributed by atoms with E-state index in [1.807, 2.05) is 5.38 Å². The van der Waals surface area contributed by atoms with E-state index >= 15 is 0 Å². The summed E-state index contributed by atoms with van der Waals surface area (Å²) >= 11 is 1.37. The van der Waals surface area contributed by atoms with Gasteiger partial charge >= 0.3 is 11.8 Å². The molecule has 0 radical (unpaired) electrons. The Morgan fingerprint density at radius 3 is 2.62 bits per heavy atom. The minimum absolute atomic E-state index is 0.0536. The summed E-state index contributed by atoms with van der Waals surface area (Å²) in [5.74, 6) is -0.800. The van der Waals surface area contributed by atoms with E-state index in [4.69, 9.17) is 9.47 Å². The van der Waals surface area contributed by atoms with Gasteiger partial charge in [0.2, 0.25) is 0 Å². The Kier molecular flexibility index (Phi) is 6.16. The predicted molar refractivity (Wildman–Crippen MR) is 90.5 cm³/mol. The fraction of sp³-hybridized carbons (Fsp3) is 0.250. The second-order valence-electron chi connectivity index (χ2n) is 4.76. The van der Waals surface area contributed by atoms with Crippen molar-refractivity contribution in [1.82, 2.24) is 5.32 Å². The molecule has 0 fully saturated rings. The maximum atomic E-state index is 12.0. The Labute approximate surface area is 143 Å². The van der Waals surface area contributed by atoms with Crippen LogP contribution < -0.4 is 20.1 Å². The zero-order valence-electron chi connectivity index (χ0n) is 13.2. The van der Waals surface area contributed by atoms with E-state index in [0.717, 1.165) is 0 Å². The number of anilines is 1. The summed E-state index contributed by atoms with van der Waals surface area (Å²) in [6, 6.07) is 8.39. The highest BCUT2D eigenvalue weighted by molar-refractivity contribution is 7.10. The van der Waals surface area contributed by atoms with Crippen molar-refractivity contribution in [3.63, 3.8) is 0 Å². The molecular formula is C16H18N2O5S. The van der Waals surface area contributed by atoms with Gasteiger partial charge in [-0.2, -0.15) is 0 Å². The number of methoxy groups -OCH3 is 2. The molecule has 2 amide bonds. The fourth-order valence-electron chi connectivity index (χ4n) is 1.94. The van der Waals surface area contributed by atoms with Gasteiger partial charge in [-0.1, -0.05) is 6.07 Å². The van der Waals surface area contributed by atoms with Crippen LogP contribution in [0.15, 0.2) is 35.7 Å². The van der Waals surface area contributed by atoms with Gasteiger partial charge in [0.05, 0.1) is 19.9 Å². The first-order valence-corrected chi connectivity index (χ1v) is 7.95. The molecule has 1 atom stereocenters. The topological polar surface area (TPSA) is 96.9 Å². The lowest BCUT2D eigenvalue weighted by Crippen LogP contribution is -2.37. The van der Waals surface area contributed by atoms with Gasteiger partial charge in [0.15, 0.2) is 0 Å². The number of aliphatic hydroxyl groups is 1. The summed E-state index contributed by atoms with van der Waals surface area (Å²) < 4.78 is 10.2. The minimum Gasteiger partial charge on any atom is -0.497 e.